The van der Waals surface area contributed by atoms with Crippen molar-refractivity contribution in [2.45, 2.75) is 4.90 Å². The van der Waals surface area contributed by atoms with Crippen molar-refractivity contribution < 1.29 is 11.7 Å². The van der Waals surface area contributed by atoms with E-state index in [0.29, 0.717) is 0 Å². The van der Waals surface area contributed by atoms with Crippen molar-refractivity contribution in [2.75, 3.05) is 0 Å². The van der Waals surface area contributed by atoms with Gasteiger partial charge in [0.2, 0.25) is 11.2 Å². The summed E-state index contributed by atoms with van der Waals surface area (Å²) in [5, 5.41) is -0.554. The molecule has 0 fully saturated rings. The van der Waals surface area contributed by atoms with Crippen LogP contribution < -0.4 is 0 Å². The lowest BCUT2D eigenvalue weighted by atomic mass is 10.4. The quantitative estimate of drug-likeness (QED) is 0.594. The van der Waals surface area contributed by atoms with Crippen molar-refractivity contribution in [2.24, 2.45) is 0 Å². The second-order valence-electron chi connectivity index (χ2n) is 2.10. The molecule has 0 bridgehead atoms. The highest BCUT2D eigenvalue weighted by Gasteiger charge is 2.28. The Hall–Kier alpha value is 0.230. The molecule has 7 heteroatoms. The molecule has 0 heterocycles. The molecule has 1 rings (SSSR count). The normalized spacial score (nSPS) is 13.1. The van der Waals surface area contributed by atoms with E-state index in [2.05, 4.69) is 0 Å². The number of benzene rings is 1. The summed E-state index contributed by atoms with van der Waals surface area (Å²) in [5.74, 6) is 0. The van der Waals surface area contributed by atoms with Gasteiger partial charge in [-0.25, -0.2) is 0 Å². The van der Waals surface area contributed by atoms with Crippen LogP contribution in [0.25, 0.3) is 0 Å². The standard InChI is InChI=1S/C6H2Cl3F3S/c7-3-1-5(9)6(2-4(3)8)13(10,11)12/h1-2H. The minimum Gasteiger partial charge on any atom is -0.120 e. The van der Waals surface area contributed by atoms with Crippen LogP contribution in [0.2, 0.25) is 15.1 Å². The van der Waals surface area contributed by atoms with Gasteiger partial charge in [-0.2, -0.15) is 0 Å². The molecule has 0 aliphatic carbocycles. The summed E-state index contributed by atoms with van der Waals surface area (Å²) in [5.41, 5.74) is 0. The Kier molecular flexibility index (Phi) is 3.28. The molecule has 74 valence electrons. The van der Waals surface area contributed by atoms with Crippen LogP contribution in [0.1, 0.15) is 0 Å². The summed E-state index contributed by atoms with van der Waals surface area (Å²) >= 11 is 10.9. The highest BCUT2D eigenvalue weighted by atomic mass is 35.5. The fourth-order valence-corrected chi connectivity index (χ4v) is 2.09. The van der Waals surface area contributed by atoms with E-state index in [-0.39, 0.29) is 10.0 Å². The molecule has 0 unspecified atom stereocenters. The van der Waals surface area contributed by atoms with Crippen LogP contribution in [0.15, 0.2) is 17.0 Å². The molecular weight excluding hydrogens is 267 g/mol. The monoisotopic (exact) mass is 268 g/mol. The second kappa shape index (κ2) is 3.77. The molecule has 0 saturated carbocycles. The zero-order valence-corrected chi connectivity index (χ0v) is 8.92. The van der Waals surface area contributed by atoms with Crippen molar-refractivity contribution in [3.63, 3.8) is 0 Å². The molecule has 0 radical (unpaired) electrons. The van der Waals surface area contributed by atoms with Gasteiger partial charge < -0.3 is 0 Å². The van der Waals surface area contributed by atoms with E-state index >= 15 is 0 Å². The van der Waals surface area contributed by atoms with Crippen LogP contribution in [-0.2, 0) is 0 Å². The molecule has 1 aromatic rings. The summed E-state index contributed by atoms with van der Waals surface area (Å²) in [6.07, 6.45) is 0. The molecule has 13 heavy (non-hydrogen) atoms. The minimum absolute atomic E-state index is 0.0130. The average molecular weight is 270 g/mol. The third-order valence-electron chi connectivity index (χ3n) is 1.22. The van der Waals surface area contributed by atoms with Gasteiger partial charge >= 0.3 is 0 Å². The zero-order valence-electron chi connectivity index (χ0n) is 5.83. The van der Waals surface area contributed by atoms with Crippen LogP contribution in [0, 0.1) is 0 Å². The number of hydrogen-bond acceptors (Lipinski definition) is 0. The topological polar surface area (TPSA) is 0 Å². The smallest absolute Gasteiger partial charge is 0.120 e. The molecule has 0 aliphatic rings. The Balaban J connectivity index is 3.32. The summed E-state index contributed by atoms with van der Waals surface area (Å²) in [6.45, 7) is 0. The summed E-state index contributed by atoms with van der Waals surface area (Å²) in [7, 11) is 0. The maximum Gasteiger partial charge on any atom is 0.239 e. The van der Waals surface area contributed by atoms with Crippen molar-refractivity contribution >= 4 is 46.0 Å². The van der Waals surface area contributed by atoms with Gasteiger partial charge in [0.1, 0.15) is 0 Å². The maximum absolute atomic E-state index is 12.3. The van der Waals surface area contributed by atoms with Crippen molar-refractivity contribution in [1.29, 1.82) is 0 Å². The van der Waals surface area contributed by atoms with Crippen LogP contribution >= 0.6 is 46.0 Å². The van der Waals surface area contributed by atoms with Gasteiger partial charge in [-0.1, -0.05) is 34.8 Å². The summed E-state index contributed by atoms with van der Waals surface area (Å²) < 4.78 is 36.8. The molecule has 0 atom stereocenters. The predicted octanol–water partition coefficient (Wildman–Crippen LogP) is 5.46. The molecule has 1 aromatic carbocycles. The van der Waals surface area contributed by atoms with E-state index in [4.69, 9.17) is 34.8 Å². The maximum atomic E-state index is 12.3. The van der Waals surface area contributed by atoms with Gasteiger partial charge in [0.15, 0.2) is 0 Å². The van der Waals surface area contributed by atoms with Gasteiger partial charge in [-0.15, -0.1) is 11.7 Å². The Morgan fingerprint density at radius 1 is 0.846 bits per heavy atom. The molecule has 0 aromatic heterocycles. The Labute approximate surface area is 89.8 Å². The van der Waals surface area contributed by atoms with Gasteiger partial charge in [0.25, 0.3) is 0 Å². The highest BCUT2D eigenvalue weighted by Crippen LogP contribution is 2.63. The van der Waals surface area contributed by atoms with Gasteiger partial charge in [0.05, 0.1) is 20.0 Å². The lowest BCUT2D eigenvalue weighted by Gasteiger charge is -2.12. The van der Waals surface area contributed by atoms with E-state index in [1.54, 1.807) is 0 Å². The van der Waals surface area contributed by atoms with E-state index in [9.17, 15) is 11.7 Å². The van der Waals surface area contributed by atoms with Crippen LogP contribution in [0.3, 0.4) is 0 Å². The zero-order chi connectivity index (χ0) is 10.2. The lowest BCUT2D eigenvalue weighted by Crippen LogP contribution is -1.83. The first-order valence-corrected chi connectivity index (χ1v) is 5.36. The fraction of sp³-hybridized carbons (Fsp3) is 0. The van der Waals surface area contributed by atoms with E-state index in [0.717, 1.165) is 12.1 Å². The molecule has 0 saturated heterocycles. The van der Waals surface area contributed by atoms with E-state index in [1.165, 1.54) is 0 Å². The minimum atomic E-state index is -5.35. The molecule has 0 N–H and O–H groups in total. The third-order valence-corrected chi connectivity index (χ3v) is 3.21. The van der Waals surface area contributed by atoms with Crippen LogP contribution in [-0.4, -0.2) is 0 Å². The van der Waals surface area contributed by atoms with Crippen molar-refractivity contribution in [3.8, 4) is 0 Å². The number of halogens is 6. The first-order valence-electron chi connectivity index (χ1n) is 2.89. The lowest BCUT2D eigenvalue weighted by molar-refractivity contribution is 0.633. The van der Waals surface area contributed by atoms with Gasteiger partial charge in [-0.05, 0) is 12.1 Å². The first kappa shape index (κ1) is 11.3. The summed E-state index contributed by atoms with van der Waals surface area (Å²) in [4.78, 5) is -0.899. The molecule has 0 amide bonds. The number of hydrogen-bond donors (Lipinski definition) is 0. The Morgan fingerprint density at radius 2 is 1.31 bits per heavy atom. The SMILES string of the molecule is FS(F)(F)c1cc(Cl)c(Cl)cc1Cl. The summed E-state index contributed by atoms with van der Waals surface area (Å²) in [6, 6.07) is 1.73. The number of rotatable bonds is 1. The first-order chi connectivity index (χ1) is 5.82. The van der Waals surface area contributed by atoms with Crippen molar-refractivity contribution in [1.82, 2.24) is 0 Å². The molecule has 0 aliphatic heterocycles. The van der Waals surface area contributed by atoms with Crippen molar-refractivity contribution in [3.05, 3.63) is 27.2 Å². The molecule has 0 spiro atoms. The highest BCUT2D eigenvalue weighted by molar-refractivity contribution is 8.21. The third kappa shape index (κ3) is 2.59. The largest absolute Gasteiger partial charge is 0.239 e. The predicted molar refractivity (Wildman–Crippen MR) is 50.7 cm³/mol. The Bertz CT molecular complexity index is 337. The molecule has 0 nitrogen and oxygen atoms in total. The molecular formula is C6H2Cl3F3S. The van der Waals surface area contributed by atoms with Crippen LogP contribution in [0.4, 0.5) is 11.7 Å². The van der Waals surface area contributed by atoms with E-state index < -0.39 is 21.1 Å². The second-order valence-corrected chi connectivity index (χ2v) is 4.58. The van der Waals surface area contributed by atoms with Gasteiger partial charge in [-0.3, -0.25) is 0 Å². The fourth-order valence-electron chi connectivity index (χ4n) is 0.682. The van der Waals surface area contributed by atoms with Crippen LogP contribution in [0.5, 0.6) is 0 Å². The average Bonchev–Trinajstić information content (AvgIpc) is 1.94. The van der Waals surface area contributed by atoms with Gasteiger partial charge in [0, 0.05) is 0 Å². The Morgan fingerprint density at radius 3 is 1.77 bits per heavy atom. The van der Waals surface area contributed by atoms with E-state index in [1.807, 2.05) is 0 Å².